The summed E-state index contributed by atoms with van der Waals surface area (Å²) in [5.74, 6) is 0.656. The Morgan fingerprint density at radius 1 is 1.00 bits per heavy atom. The molecule has 0 saturated carbocycles. The van der Waals surface area contributed by atoms with Crippen LogP contribution in [0.15, 0.2) is 74.8 Å². The van der Waals surface area contributed by atoms with Gasteiger partial charge < -0.3 is 14.8 Å². The molecule has 2 aromatic carbocycles. The van der Waals surface area contributed by atoms with E-state index in [1.165, 1.54) is 12.3 Å². The summed E-state index contributed by atoms with van der Waals surface area (Å²) < 4.78 is 10.5. The molecule has 3 aromatic heterocycles. The number of nitrogens with one attached hydrogen (secondary N) is 2. The molecule has 0 aliphatic heterocycles. The summed E-state index contributed by atoms with van der Waals surface area (Å²) in [5, 5.41) is 24.0. The molecule has 168 valence electrons. The van der Waals surface area contributed by atoms with Crippen molar-refractivity contribution in [2.45, 2.75) is 6.92 Å². The van der Waals surface area contributed by atoms with Gasteiger partial charge in [-0.1, -0.05) is 24.3 Å². The summed E-state index contributed by atoms with van der Waals surface area (Å²) in [5.41, 5.74) is 6.04. The maximum Gasteiger partial charge on any atom is 0.335 e. The highest BCUT2D eigenvalue weighted by molar-refractivity contribution is 5.89. The molecule has 3 N–H and O–H groups in total. The van der Waals surface area contributed by atoms with Crippen molar-refractivity contribution >= 4 is 40.8 Å². The molecule has 11 nitrogen and oxygen atoms in total. The van der Waals surface area contributed by atoms with E-state index in [2.05, 4.69) is 36.1 Å². The molecule has 0 saturated heterocycles. The highest BCUT2D eigenvalue weighted by Crippen LogP contribution is 2.25. The van der Waals surface area contributed by atoms with Gasteiger partial charge in [-0.05, 0) is 59.2 Å². The third-order valence-corrected chi connectivity index (χ3v) is 4.78. The minimum Gasteiger partial charge on any atom is -0.478 e. The van der Waals surface area contributed by atoms with Crippen LogP contribution in [-0.4, -0.2) is 37.6 Å². The molecule has 0 radical (unpaired) electrons. The van der Waals surface area contributed by atoms with Crippen molar-refractivity contribution in [2.24, 2.45) is 5.10 Å². The van der Waals surface area contributed by atoms with Gasteiger partial charge in [-0.15, -0.1) is 0 Å². The van der Waals surface area contributed by atoms with E-state index in [0.29, 0.717) is 28.7 Å². The number of hydrogen-bond donors (Lipinski definition) is 3. The third-order valence-electron chi connectivity index (χ3n) is 4.78. The van der Waals surface area contributed by atoms with Crippen molar-refractivity contribution in [3.63, 3.8) is 0 Å². The predicted octanol–water partition coefficient (Wildman–Crippen LogP) is 4.47. The zero-order chi connectivity index (χ0) is 23.5. The molecule has 0 unspecified atom stereocenters. The van der Waals surface area contributed by atoms with Crippen molar-refractivity contribution in [2.75, 3.05) is 10.7 Å². The average molecular weight is 455 g/mol. The molecular weight excluding hydrogens is 438 g/mol. The van der Waals surface area contributed by atoms with Crippen LogP contribution in [0.2, 0.25) is 0 Å². The first-order chi connectivity index (χ1) is 16.5. The molecule has 0 bridgehead atoms. The van der Waals surface area contributed by atoms with Crippen molar-refractivity contribution in [3.05, 3.63) is 77.6 Å². The van der Waals surface area contributed by atoms with Crippen LogP contribution in [0.1, 0.15) is 21.7 Å². The molecule has 34 heavy (non-hydrogen) atoms. The van der Waals surface area contributed by atoms with E-state index in [4.69, 9.17) is 9.05 Å². The lowest BCUT2D eigenvalue weighted by molar-refractivity contribution is 0.0697. The lowest BCUT2D eigenvalue weighted by atomic mass is 10.1. The zero-order valence-corrected chi connectivity index (χ0v) is 17.8. The van der Waals surface area contributed by atoms with E-state index >= 15 is 0 Å². The number of hydrazone groups is 1. The number of anilines is 3. The first-order valence-electron chi connectivity index (χ1n) is 10.1. The molecule has 11 heteroatoms. The Balaban J connectivity index is 1.37. The van der Waals surface area contributed by atoms with Gasteiger partial charge in [0.15, 0.2) is 11.6 Å². The normalized spacial score (nSPS) is 11.2. The van der Waals surface area contributed by atoms with Gasteiger partial charge in [0.25, 0.3) is 0 Å². The summed E-state index contributed by atoms with van der Waals surface area (Å²) in [7, 11) is 0. The van der Waals surface area contributed by atoms with Crippen LogP contribution in [0.5, 0.6) is 0 Å². The predicted molar refractivity (Wildman–Crippen MR) is 124 cm³/mol. The topological polar surface area (TPSA) is 152 Å². The van der Waals surface area contributed by atoms with E-state index in [0.717, 1.165) is 11.3 Å². The molecule has 0 amide bonds. The Morgan fingerprint density at radius 2 is 1.79 bits per heavy atom. The second kappa shape index (κ2) is 8.82. The quantitative estimate of drug-likeness (QED) is 0.237. The second-order valence-corrected chi connectivity index (χ2v) is 7.28. The van der Waals surface area contributed by atoms with Gasteiger partial charge in [0, 0.05) is 11.3 Å². The number of carboxylic acids is 1. The fraction of sp³-hybridized carbons (Fsp3) is 0.0435. The first kappa shape index (κ1) is 20.8. The summed E-state index contributed by atoms with van der Waals surface area (Å²) in [4.78, 5) is 20.0. The molecule has 0 fully saturated rings. The minimum absolute atomic E-state index is 0.177. The van der Waals surface area contributed by atoms with Crippen LogP contribution in [0, 0.1) is 6.92 Å². The van der Waals surface area contributed by atoms with E-state index in [1.54, 1.807) is 30.3 Å². The summed E-state index contributed by atoms with van der Waals surface area (Å²) in [6.07, 6.45) is 1.47. The number of aromatic nitrogens is 4. The molecule has 5 rings (SSSR count). The van der Waals surface area contributed by atoms with E-state index in [1.807, 2.05) is 31.2 Å². The van der Waals surface area contributed by atoms with Crippen LogP contribution in [0.3, 0.4) is 0 Å². The summed E-state index contributed by atoms with van der Waals surface area (Å²) in [6.45, 7) is 1.99. The van der Waals surface area contributed by atoms with Crippen LogP contribution >= 0.6 is 0 Å². The smallest absolute Gasteiger partial charge is 0.335 e. The number of carbonyl (C=O) groups is 1. The first-order valence-corrected chi connectivity index (χ1v) is 10.1. The molecule has 5 aromatic rings. The minimum atomic E-state index is -1.00. The van der Waals surface area contributed by atoms with Crippen molar-refractivity contribution < 1.29 is 18.9 Å². The molecule has 0 spiro atoms. The molecule has 0 atom stereocenters. The fourth-order valence-corrected chi connectivity index (χ4v) is 3.20. The Morgan fingerprint density at radius 3 is 2.59 bits per heavy atom. The van der Waals surface area contributed by atoms with Crippen LogP contribution in [-0.2, 0) is 0 Å². The van der Waals surface area contributed by atoms with Crippen molar-refractivity contribution in [1.29, 1.82) is 0 Å². The number of aromatic carboxylic acids is 1. The number of benzene rings is 2. The number of rotatable bonds is 7. The number of carboxylic acid groups (broad SMARTS) is 1. The van der Waals surface area contributed by atoms with Crippen LogP contribution in [0.4, 0.5) is 17.3 Å². The lowest BCUT2D eigenvalue weighted by Gasteiger charge is -2.09. The van der Waals surface area contributed by atoms with E-state index < -0.39 is 5.97 Å². The molecule has 3 heterocycles. The van der Waals surface area contributed by atoms with Crippen molar-refractivity contribution in [1.82, 2.24) is 20.3 Å². The molecule has 0 aliphatic rings. The number of aryl methyl sites for hydroxylation is 1. The molecule has 0 aliphatic carbocycles. The van der Waals surface area contributed by atoms with Crippen LogP contribution < -0.4 is 10.7 Å². The Hall–Kier alpha value is -5.06. The number of furan rings is 1. The van der Waals surface area contributed by atoms with Gasteiger partial charge in [0.2, 0.25) is 11.3 Å². The lowest BCUT2D eigenvalue weighted by Crippen LogP contribution is -2.03. The van der Waals surface area contributed by atoms with Gasteiger partial charge in [-0.25, -0.2) is 14.4 Å². The van der Waals surface area contributed by atoms with Crippen LogP contribution in [0.25, 0.3) is 22.6 Å². The van der Waals surface area contributed by atoms with E-state index in [-0.39, 0.29) is 16.9 Å². The van der Waals surface area contributed by atoms with Gasteiger partial charge in [-0.3, -0.25) is 5.43 Å². The monoisotopic (exact) mass is 455 g/mol. The Bertz CT molecular complexity index is 1520. The number of hydrogen-bond acceptors (Lipinski definition) is 10. The maximum atomic E-state index is 11.2. The Labute approximate surface area is 192 Å². The second-order valence-electron chi connectivity index (χ2n) is 7.28. The summed E-state index contributed by atoms with van der Waals surface area (Å²) >= 11 is 0. The van der Waals surface area contributed by atoms with E-state index in [9.17, 15) is 9.90 Å². The van der Waals surface area contributed by atoms with Gasteiger partial charge in [0.1, 0.15) is 11.5 Å². The highest BCUT2D eigenvalue weighted by Gasteiger charge is 2.13. The number of fused-ring (bicyclic) bond motifs is 1. The SMILES string of the molecule is Cc1cccc(Nc2nc3nonc3nc2NN=Cc2ccc(-c3cccc(C(=O)O)c3)o2)c1. The summed E-state index contributed by atoms with van der Waals surface area (Å²) in [6, 6.07) is 17.7. The average Bonchev–Trinajstić information content (AvgIpc) is 3.49. The highest BCUT2D eigenvalue weighted by atomic mass is 16.6. The zero-order valence-electron chi connectivity index (χ0n) is 17.8. The maximum absolute atomic E-state index is 11.2. The number of nitrogens with zero attached hydrogens (tertiary/aromatic N) is 5. The third kappa shape index (κ3) is 4.43. The van der Waals surface area contributed by atoms with Gasteiger partial charge >= 0.3 is 5.97 Å². The van der Waals surface area contributed by atoms with Crippen molar-refractivity contribution in [3.8, 4) is 11.3 Å². The largest absolute Gasteiger partial charge is 0.478 e. The van der Waals surface area contributed by atoms with Gasteiger partial charge in [0.05, 0.1) is 11.8 Å². The Kier molecular flexibility index (Phi) is 5.40. The van der Waals surface area contributed by atoms with Gasteiger partial charge in [-0.2, -0.15) is 10.1 Å². The fourth-order valence-electron chi connectivity index (χ4n) is 3.20. The standard InChI is InChI=1S/C23H17N7O4/c1-13-4-2-7-16(10-13)25-19-20(27-22-21(26-19)29-34-30-22)28-24-12-17-8-9-18(33-17)14-5-3-6-15(11-14)23(31)32/h2-12H,1H3,(H,31,32)(H,25,26,29)(H,27,28,30). The molecular formula is C23H17N7O4.